The molecule has 1 fully saturated rings. The summed E-state index contributed by atoms with van der Waals surface area (Å²) in [5.41, 5.74) is 0.459. The van der Waals surface area contributed by atoms with Crippen LogP contribution in [0.1, 0.15) is 23.2 Å². The van der Waals surface area contributed by atoms with Crippen molar-refractivity contribution in [2.75, 3.05) is 27.3 Å². The minimum Gasteiger partial charge on any atom is -0.495 e. The molecule has 0 bridgehead atoms. The van der Waals surface area contributed by atoms with Crippen LogP contribution in [-0.2, 0) is 0 Å². The summed E-state index contributed by atoms with van der Waals surface area (Å²) in [5, 5.41) is 0. The molecule has 8 heteroatoms. The summed E-state index contributed by atoms with van der Waals surface area (Å²) < 4.78 is 43.6. The minimum atomic E-state index is -0.729. The smallest absolute Gasteiger partial charge is 0.254 e. The molecule has 0 saturated carbocycles. The summed E-state index contributed by atoms with van der Waals surface area (Å²) in [6.07, 6.45) is 0.860. The summed E-state index contributed by atoms with van der Waals surface area (Å²) in [6, 6.07) is 6.55. The number of carbonyl (C=O) groups is 1. The normalized spacial score (nSPS) is 14.7. The highest BCUT2D eigenvalue weighted by Crippen LogP contribution is 2.36. The zero-order valence-corrected chi connectivity index (χ0v) is 17.1. The molecule has 2 aromatic rings. The standard InChI is InChI=1S/C20H20BrF2NO4/c1-26-17-9-12(10-18(27-2)19(17)21)20(25)24-7-5-14(6-8-24)28-16-4-3-13(22)11-15(16)23/h3-4,9-11,14H,5-8H2,1-2H3. The zero-order chi connectivity index (χ0) is 20.3. The first-order valence-electron chi connectivity index (χ1n) is 8.75. The van der Waals surface area contributed by atoms with Gasteiger partial charge in [-0.25, -0.2) is 8.78 Å². The number of carbonyl (C=O) groups excluding carboxylic acids is 1. The molecule has 0 aliphatic carbocycles. The number of hydrogen-bond acceptors (Lipinski definition) is 4. The Morgan fingerprint density at radius 3 is 2.18 bits per heavy atom. The van der Waals surface area contributed by atoms with Gasteiger partial charge < -0.3 is 19.1 Å². The molecule has 0 N–H and O–H groups in total. The van der Waals surface area contributed by atoms with E-state index in [-0.39, 0.29) is 17.8 Å². The van der Waals surface area contributed by atoms with Crippen LogP contribution in [0.5, 0.6) is 17.2 Å². The van der Waals surface area contributed by atoms with E-state index in [0.717, 1.165) is 12.1 Å². The molecule has 0 unspecified atom stereocenters. The molecule has 1 saturated heterocycles. The number of ether oxygens (including phenoxy) is 3. The number of likely N-dealkylation sites (tertiary alicyclic amines) is 1. The first-order valence-corrected chi connectivity index (χ1v) is 9.54. The number of halogens is 3. The van der Waals surface area contributed by atoms with Crippen molar-refractivity contribution in [2.24, 2.45) is 0 Å². The van der Waals surface area contributed by atoms with Gasteiger partial charge in [0.15, 0.2) is 11.6 Å². The monoisotopic (exact) mass is 455 g/mol. The Morgan fingerprint density at radius 1 is 1.04 bits per heavy atom. The number of hydrogen-bond donors (Lipinski definition) is 0. The Hall–Kier alpha value is -2.35. The van der Waals surface area contributed by atoms with Crippen LogP contribution in [0.2, 0.25) is 0 Å². The van der Waals surface area contributed by atoms with E-state index in [1.54, 1.807) is 17.0 Å². The van der Waals surface area contributed by atoms with E-state index in [1.807, 2.05) is 0 Å². The van der Waals surface area contributed by atoms with Crippen molar-refractivity contribution < 1.29 is 27.8 Å². The third-order valence-electron chi connectivity index (χ3n) is 4.61. The molecule has 1 amide bonds. The van der Waals surface area contributed by atoms with Crippen molar-refractivity contribution in [1.29, 1.82) is 0 Å². The van der Waals surface area contributed by atoms with Gasteiger partial charge in [-0.15, -0.1) is 0 Å². The fraction of sp³-hybridized carbons (Fsp3) is 0.350. The fourth-order valence-electron chi connectivity index (χ4n) is 3.10. The van der Waals surface area contributed by atoms with E-state index in [1.165, 1.54) is 20.3 Å². The Labute approximate surface area is 170 Å². The Bertz CT molecular complexity index is 844. The minimum absolute atomic E-state index is 0.0218. The van der Waals surface area contributed by atoms with Crippen LogP contribution in [0.4, 0.5) is 8.78 Å². The van der Waals surface area contributed by atoms with E-state index < -0.39 is 11.6 Å². The lowest BCUT2D eigenvalue weighted by molar-refractivity contribution is 0.0587. The second-order valence-corrected chi connectivity index (χ2v) is 7.17. The third kappa shape index (κ3) is 4.38. The van der Waals surface area contributed by atoms with E-state index in [2.05, 4.69) is 15.9 Å². The first-order chi connectivity index (χ1) is 13.4. The van der Waals surface area contributed by atoms with Crippen LogP contribution in [0.3, 0.4) is 0 Å². The molecule has 2 aromatic carbocycles. The molecular formula is C20H20BrF2NO4. The number of nitrogens with zero attached hydrogens (tertiary/aromatic N) is 1. The number of piperidine rings is 1. The molecule has 0 spiro atoms. The molecule has 1 aliphatic rings. The van der Waals surface area contributed by atoms with E-state index in [4.69, 9.17) is 14.2 Å². The SMILES string of the molecule is COc1cc(C(=O)N2CCC(Oc3ccc(F)cc3F)CC2)cc(OC)c1Br. The zero-order valence-electron chi connectivity index (χ0n) is 15.5. The molecule has 3 rings (SSSR count). The van der Waals surface area contributed by atoms with Crippen LogP contribution in [0, 0.1) is 11.6 Å². The summed E-state index contributed by atoms with van der Waals surface area (Å²) in [4.78, 5) is 14.6. The molecule has 1 aliphatic heterocycles. The average Bonchev–Trinajstić information content (AvgIpc) is 2.70. The lowest BCUT2D eigenvalue weighted by Crippen LogP contribution is -2.41. The highest BCUT2D eigenvalue weighted by molar-refractivity contribution is 9.10. The van der Waals surface area contributed by atoms with Gasteiger partial charge in [-0.3, -0.25) is 4.79 Å². The van der Waals surface area contributed by atoms with Crippen LogP contribution >= 0.6 is 15.9 Å². The van der Waals surface area contributed by atoms with Gasteiger partial charge in [-0.2, -0.15) is 0 Å². The van der Waals surface area contributed by atoms with Crippen molar-refractivity contribution >= 4 is 21.8 Å². The van der Waals surface area contributed by atoms with Crippen molar-refractivity contribution in [1.82, 2.24) is 4.90 Å². The summed E-state index contributed by atoms with van der Waals surface area (Å²) in [5.74, 6) is -0.484. The van der Waals surface area contributed by atoms with Gasteiger partial charge in [-0.05, 0) is 40.2 Å². The number of rotatable bonds is 5. The van der Waals surface area contributed by atoms with E-state index in [9.17, 15) is 13.6 Å². The Morgan fingerprint density at radius 2 is 1.64 bits per heavy atom. The predicted octanol–water partition coefficient (Wildman–Crippen LogP) is 4.43. The van der Waals surface area contributed by atoms with Crippen molar-refractivity contribution in [3.05, 3.63) is 52.0 Å². The Kier molecular flexibility index (Phi) is 6.39. The van der Waals surface area contributed by atoms with Crippen LogP contribution in [0.25, 0.3) is 0 Å². The van der Waals surface area contributed by atoms with Gasteiger partial charge in [0, 0.05) is 37.6 Å². The van der Waals surface area contributed by atoms with Gasteiger partial charge in [0.25, 0.3) is 5.91 Å². The molecule has 150 valence electrons. The third-order valence-corrected chi connectivity index (χ3v) is 5.39. The lowest BCUT2D eigenvalue weighted by atomic mass is 10.1. The number of amides is 1. The summed E-state index contributed by atoms with van der Waals surface area (Å²) >= 11 is 3.39. The van der Waals surface area contributed by atoms with Gasteiger partial charge in [0.1, 0.15) is 27.9 Å². The van der Waals surface area contributed by atoms with Crippen molar-refractivity contribution in [3.63, 3.8) is 0 Å². The number of benzene rings is 2. The van der Waals surface area contributed by atoms with Gasteiger partial charge >= 0.3 is 0 Å². The average molecular weight is 456 g/mol. The molecule has 28 heavy (non-hydrogen) atoms. The molecule has 0 atom stereocenters. The van der Waals surface area contributed by atoms with E-state index in [0.29, 0.717) is 47.5 Å². The Balaban J connectivity index is 1.65. The van der Waals surface area contributed by atoms with Crippen molar-refractivity contribution in [2.45, 2.75) is 18.9 Å². The fourth-order valence-corrected chi connectivity index (χ4v) is 3.66. The highest BCUT2D eigenvalue weighted by atomic mass is 79.9. The van der Waals surface area contributed by atoms with Crippen LogP contribution in [-0.4, -0.2) is 44.2 Å². The largest absolute Gasteiger partial charge is 0.495 e. The molecular weight excluding hydrogens is 436 g/mol. The predicted molar refractivity (Wildman–Crippen MR) is 103 cm³/mol. The molecule has 1 heterocycles. The van der Waals surface area contributed by atoms with Crippen LogP contribution in [0.15, 0.2) is 34.8 Å². The quantitative estimate of drug-likeness (QED) is 0.668. The molecule has 0 aromatic heterocycles. The van der Waals surface area contributed by atoms with Gasteiger partial charge in [-0.1, -0.05) is 0 Å². The maximum absolute atomic E-state index is 13.8. The summed E-state index contributed by atoms with van der Waals surface area (Å²) in [6.45, 7) is 0.931. The first kappa shape index (κ1) is 20.4. The topological polar surface area (TPSA) is 48.0 Å². The van der Waals surface area contributed by atoms with Crippen LogP contribution < -0.4 is 14.2 Å². The summed E-state index contributed by atoms with van der Waals surface area (Å²) in [7, 11) is 3.04. The second-order valence-electron chi connectivity index (χ2n) is 6.38. The van der Waals surface area contributed by atoms with E-state index >= 15 is 0 Å². The van der Waals surface area contributed by atoms with Gasteiger partial charge in [0.2, 0.25) is 0 Å². The highest BCUT2D eigenvalue weighted by Gasteiger charge is 2.26. The number of methoxy groups -OCH3 is 2. The molecule has 0 radical (unpaired) electrons. The maximum Gasteiger partial charge on any atom is 0.254 e. The molecule has 5 nitrogen and oxygen atoms in total. The lowest BCUT2D eigenvalue weighted by Gasteiger charge is -2.32. The van der Waals surface area contributed by atoms with Crippen molar-refractivity contribution in [3.8, 4) is 17.2 Å². The second kappa shape index (κ2) is 8.77. The maximum atomic E-state index is 13.8. The van der Waals surface area contributed by atoms with Gasteiger partial charge in [0.05, 0.1) is 14.2 Å².